The molecule has 6 heteroatoms. The van der Waals surface area contributed by atoms with E-state index in [0.717, 1.165) is 0 Å². The second-order valence-corrected chi connectivity index (χ2v) is 5.63. The number of ketones is 1. The van der Waals surface area contributed by atoms with Crippen molar-refractivity contribution in [1.82, 2.24) is 4.72 Å². The number of sulfonamides is 1. The molecule has 0 fully saturated rings. The van der Waals surface area contributed by atoms with Gasteiger partial charge in [-0.05, 0) is 12.1 Å². The fourth-order valence-corrected chi connectivity index (χ4v) is 2.52. The smallest absolute Gasteiger partial charge is 0.283 e. The Morgan fingerprint density at radius 3 is 1.85 bits per heavy atom. The molecule has 20 heavy (non-hydrogen) atoms. The molecule has 0 radical (unpaired) electrons. The minimum absolute atomic E-state index is 0.0748. The summed E-state index contributed by atoms with van der Waals surface area (Å²) in [6.45, 7) is 0. The number of Topliss-reactive ketones (excluding diaryl/α,β-unsaturated/α-hetero) is 1. The molecule has 0 atom stereocenters. The van der Waals surface area contributed by atoms with E-state index in [4.69, 9.17) is 0 Å². The van der Waals surface area contributed by atoms with E-state index in [-0.39, 0.29) is 10.5 Å². The second kappa shape index (κ2) is 5.66. The van der Waals surface area contributed by atoms with E-state index in [9.17, 15) is 18.0 Å². The van der Waals surface area contributed by atoms with Crippen molar-refractivity contribution in [1.29, 1.82) is 0 Å². The van der Waals surface area contributed by atoms with Crippen LogP contribution in [0.25, 0.3) is 0 Å². The summed E-state index contributed by atoms with van der Waals surface area (Å²) in [4.78, 5) is 23.4. The lowest BCUT2D eigenvalue weighted by atomic mass is 10.1. The van der Waals surface area contributed by atoms with Gasteiger partial charge in [-0.15, -0.1) is 0 Å². The van der Waals surface area contributed by atoms with Crippen molar-refractivity contribution < 1.29 is 18.0 Å². The highest BCUT2D eigenvalue weighted by molar-refractivity contribution is 7.90. The maximum atomic E-state index is 11.9. The van der Waals surface area contributed by atoms with E-state index < -0.39 is 21.7 Å². The van der Waals surface area contributed by atoms with Crippen LogP contribution in [0, 0.1) is 0 Å². The van der Waals surface area contributed by atoms with Gasteiger partial charge in [0.1, 0.15) is 0 Å². The largest absolute Gasteiger partial charge is 0.306 e. The Bertz CT molecular complexity index is 724. The molecule has 5 nitrogen and oxygen atoms in total. The number of carbonyl (C=O) groups is 2. The summed E-state index contributed by atoms with van der Waals surface area (Å²) in [5.41, 5.74) is 0.133. The van der Waals surface area contributed by atoms with Gasteiger partial charge in [0, 0.05) is 5.56 Å². The van der Waals surface area contributed by atoms with Crippen molar-refractivity contribution in [3.8, 4) is 0 Å². The molecule has 0 saturated heterocycles. The van der Waals surface area contributed by atoms with Crippen LogP contribution in [0.2, 0.25) is 0 Å². The van der Waals surface area contributed by atoms with Crippen LogP contribution >= 0.6 is 0 Å². The summed E-state index contributed by atoms with van der Waals surface area (Å²) in [5.74, 6) is -2.08. The van der Waals surface area contributed by atoms with Gasteiger partial charge in [-0.25, -0.2) is 13.1 Å². The number of amides is 1. The van der Waals surface area contributed by atoms with E-state index in [1.165, 1.54) is 36.4 Å². The molecule has 1 N–H and O–H groups in total. The average molecular weight is 289 g/mol. The lowest BCUT2D eigenvalue weighted by molar-refractivity contribution is -0.115. The average Bonchev–Trinajstić information content (AvgIpc) is 2.48. The third-order valence-corrected chi connectivity index (χ3v) is 3.87. The third kappa shape index (κ3) is 3.10. The standard InChI is InChI=1S/C14H11NO4S/c16-13(11-7-3-1-4-8-11)14(17)15-20(18,19)12-9-5-2-6-10-12/h1-10H,(H,15,17). The summed E-state index contributed by atoms with van der Waals surface area (Å²) in [6.07, 6.45) is 0. The first-order chi connectivity index (χ1) is 9.50. The Kier molecular flexibility index (Phi) is 3.95. The van der Waals surface area contributed by atoms with Crippen LogP contribution in [0.15, 0.2) is 65.6 Å². The van der Waals surface area contributed by atoms with Crippen LogP contribution in [0.1, 0.15) is 10.4 Å². The molecule has 0 aliphatic carbocycles. The predicted molar refractivity (Wildman–Crippen MR) is 72.5 cm³/mol. The minimum atomic E-state index is -4.03. The number of hydrogen-bond donors (Lipinski definition) is 1. The molecule has 0 unspecified atom stereocenters. The van der Waals surface area contributed by atoms with Crippen LogP contribution in [-0.4, -0.2) is 20.1 Å². The van der Waals surface area contributed by atoms with E-state index in [1.54, 1.807) is 29.0 Å². The van der Waals surface area contributed by atoms with E-state index in [1.807, 2.05) is 0 Å². The zero-order valence-corrected chi connectivity index (χ0v) is 11.1. The van der Waals surface area contributed by atoms with Gasteiger partial charge in [-0.3, -0.25) is 9.59 Å². The topological polar surface area (TPSA) is 80.3 Å². The normalized spacial score (nSPS) is 10.8. The summed E-state index contributed by atoms with van der Waals surface area (Å²) < 4.78 is 25.5. The van der Waals surface area contributed by atoms with Crippen molar-refractivity contribution >= 4 is 21.7 Å². The summed E-state index contributed by atoms with van der Waals surface area (Å²) in [5, 5.41) is 0. The van der Waals surface area contributed by atoms with E-state index in [2.05, 4.69) is 0 Å². The van der Waals surface area contributed by atoms with Crippen LogP contribution < -0.4 is 4.72 Å². The molecular weight excluding hydrogens is 278 g/mol. The molecule has 102 valence electrons. The molecule has 2 aromatic carbocycles. The number of benzene rings is 2. The van der Waals surface area contributed by atoms with Crippen molar-refractivity contribution in [2.24, 2.45) is 0 Å². The highest BCUT2D eigenvalue weighted by atomic mass is 32.2. The lowest BCUT2D eigenvalue weighted by Crippen LogP contribution is -2.36. The van der Waals surface area contributed by atoms with Gasteiger partial charge < -0.3 is 0 Å². The highest BCUT2D eigenvalue weighted by Gasteiger charge is 2.23. The Labute approximate surface area is 116 Å². The highest BCUT2D eigenvalue weighted by Crippen LogP contribution is 2.08. The first-order valence-corrected chi connectivity index (χ1v) is 7.20. The zero-order chi connectivity index (χ0) is 14.6. The van der Waals surface area contributed by atoms with Gasteiger partial charge in [0.2, 0.25) is 0 Å². The quantitative estimate of drug-likeness (QED) is 0.681. The summed E-state index contributed by atoms with van der Waals surface area (Å²) >= 11 is 0. The lowest BCUT2D eigenvalue weighted by Gasteiger charge is -2.06. The van der Waals surface area contributed by atoms with E-state index in [0.29, 0.717) is 0 Å². The Morgan fingerprint density at radius 2 is 1.30 bits per heavy atom. The number of rotatable bonds is 4. The molecule has 0 aliphatic rings. The molecule has 1 amide bonds. The summed E-state index contributed by atoms with van der Waals surface area (Å²) in [7, 11) is -4.03. The number of hydrogen-bond acceptors (Lipinski definition) is 4. The Hall–Kier alpha value is -2.47. The van der Waals surface area contributed by atoms with Crippen molar-refractivity contribution in [2.45, 2.75) is 4.90 Å². The van der Waals surface area contributed by atoms with Crippen molar-refractivity contribution in [3.05, 3.63) is 66.2 Å². The predicted octanol–water partition coefficient (Wildman–Crippen LogP) is 1.37. The molecule has 0 saturated carbocycles. The molecule has 2 rings (SSSR count). The molecule has 2 aromatic rings. The van der Waals surface area contributed by atoms with Gasteiger partial charge >= 0.3 is 5.91 Å². The van der Waals surface area contributed by atoms with Gasteiger partial charge in [0.25, 0.3) is 15.8 Å². The second-order valence-electron chi connectivity index (χ2n) is 3.94. The maximum Gasteiger partial charge on any atom is 0.306 e. The minimum Gasteiger partial charge on any atom is -0.283 e. The third-order valence-electron chi connectivity index (χ3n) is 2.52. The Balaban J connectivity index is 2.18. The molecule has 0 aromatic heterocycles. The van der Waals surface area contributed by atoms with Gasteiger partial charge in [-0.2, -0.15) is 0 Å². The van der Waals surface area contributed by atoms with Gasteiger partial charge in [0.05, 0.1) is 4.90 Å². The molecular formula is C14H11NO4S. The van der Waals surface area contributed by atoms with E-state index >= 15 is 0 Å². The Morgan fingerprint density at radius 1 is 0.800 bits per heavy atom. The van der Waals surface area contributed by atoms with Gasteiger partial charge in [0.15, 0.2) is 0 Å². The van der Waals surface area contributed by atoms with Crippen LogP contribution in [0.3, 0.4) is 0 Å². The van der Waals surface area contributed by atoms with Crippen molar-refractivity contribution in [2.75, 3.05) is 0 Å². The number of carbonyl (C=O) groups excluding carboxylic acids is 2. The molecule has 0 aliphatic heterocycles. The molecule has 0 spiro atoms. The SMILES string of the molecule is O=C(NS(=O)(=O)c1ccccc1)C(=O)c1ccccc1. The monoisotopic (exact) mass is 289 g/mol. The first-order valence-electron chi connectivity index (χ1n) is 5.72. The van der Waals surface area contributed by atoms with Crippen LogP contribution in [-0.2, 0) is 14.8 Å². The zero-order valence-electron chi connectivity index (χ0n) is 10.3. The van der Waals surface area contributed by atoms with Crippen LogP contribution in [0.5, 0.6) is 0 Å². The number of nitrogens with one attached hydrogen (secondary N) is 1. The maximum absolute atomic E-state index is 11.9. The molecule has 0 bridgehead atoms. The summed E-state index contributed by atoms with van der Waals surface area (Å²) in [6, 6.07) is 15.1. The van der Waals surface area contributed by atoms with Gasteiger partial charge in [-0.1, -0.05) is 48.5 Å². The molecule has 0 heterocycles. The fourth-order valence-electron chi connectivity index (χ4n) is 1.55. The fraction of sp³-hybridized carbons (Fsp3) is 0. The van der Waals surface area contributed by atoms with Crippen molar-refractivity contribution in [3.63, 3.8) is 0 Å². The van der Waals surface area contributed by atoms with Crippen LogP contribution in [0.4, 0.5) is 0 Å². The first kappa shape index (κ1) is 14.0.